The molecule has 0 N–H and O–H groups in total. The maximum atomic E-state index is 13.4. The Balaban J connectivity index is 1.55. The van der Waals surface area contributed by atoms with Gasteiger partial charge in [-0.15, -0.1) is 0 Å². The van der Waals surface area contributed by atoms with Gasteiger partial charge in [0.15, 0.2) is 0 Å². The fourth-order valence-electron chi connectivity index (χ4n) is 4.58. The number of hydrogen-bond donors (Lipinski definition) is 0. The summed E-state index contributed by atoms with van der Waals surface area (Å²) in [4.78, 5) is 26.2. The number of rotatable bonds is 5. The molecule has 0 bridgehead atoms. The highest BCUT2D eigenvalue weighted by atomic mass is 19.4. The smallest absolute Gasteiger partial charge is 0.416 e. The lowest BCUT2D eigenvalue weighted by Crippen LogP contribution is -2.20. The number of hydrogen-bond acceptors (Lipinski definition) is 4. The maximum Gasteiger partial charge on any atom is 0.416 e. The van der Waals surface area contributed by atoms with Gasteiger partial charge in [0, 0.05) is 23.1 Å². The van der Waals surface area contributed by atoms with E-state index in [1.165, 1.54) is 12.1 Å². The zero-order valence-electron chi connectivity index (χ0n) is 20.0. The van der Waals surface area contributed by atoms with Crippen molar-refractivity contribution >= 4 is 34.1 Å². The molecule has 6 nitrogen and oxygen atoms in total. The van der Waals surface area contributed by atoms with Gasteiger partial charge in [-0.05, 0) is 61.0 Å². The largest absolute Gasteiger partial charge is 0.497 e. The average Bonchev–Trinajstić information content (AvgIpc) is 3.39. The molecular formula is C28H22F3N3O3. The fraction of sp³-hybridized carbons (Fsp3) is 0.179. The lowest BCUT2D eigenvalue weighted by molar-refractivity contribution is -0.137. The van der Waals surface area contributed by atoms with Crippen LogP contribution in [0, 0.1) is 6.92 Å². The molecule has 3 aromatic carbocycles. The second kappa shape index (κ2) is 9.24. The number of methoxy groups -OCH3 is 1. The molecule has 0 unspecified atom stereocenters. The van der Waals surface area contributed by atoms with E-state index in [-0.39, 0.29) is 24.4 Å². The second-order valence-electron chi connectivity index (χ2n) is 8.73. The van der Waals surface area contributed by atoms with Crippen LogP contribution in [0.4, 0.5) is 18.9 Å². The predicted molar refractivity (Wildman–Crippen MR) is 134 cm³/mol. The molecule has 0 atom stereocenters. The number of hydrazone groups is 1. The number of benzene rings is 3. The summed E-state index contributed by atoms with van der Waals surface area (Å²) in [6.45, 7) is 1.82. The summed E-state index contributed by atoms with van der Waals surface area (Å²) < 4.78 is 46.6. The summed E-state index contributed by atoms with van der Waals surface area (Å²) >= 11 is 0. The molecule has 1 aliphatic rings. The molecule has 37 heavy (non-hydrogen) atoms. The van der Waals surface area contributed by atoms with E-state index < -0.39 is 17.6 Å². The molecule has 0 radical (unpaired) electrons. The van der Waals surface area contributed by atoms with Crippen molar-refractivity contribution in [1.82, 2.24) is 4.57 Å². The molecule has 5 rings (SSSR count). The van der Waals surface area contributed by atoms with Gasteiger partial charge in [0.05, 0.1) is 36.0 Å². The number of carbonyl (C=O) groups is 2. The summed E-state index contributed by atoms with van der Waals surface area (Å²) in [6, 6.07) is 18.8. The van der Waals surface area contributed by atoms with Gasteiger partial charge in [0.2, 0.25) is 0 Å². The molecule has 1 aromatic heterocycles. The van der Waals surface area contributed by atoms with Gasteiger partial charge >= 0.3 is 6.18 Å². The Morgan fingerprint density at radius 2 is 1.78 bits per heavy atom. The lowest BCUT2D eigenvalue weighted by atomic mass is 10.0. The lowest BCUT2D eigenvalue weighted by Gasteiger charge is -2.14. The van der Waals surface area contributed by atoms with E-state index in [1.807, 2.05) is 25.1 Å². The first kappa shape index (κ1) is 24.3. The highest BCUT2D eigenvalue weighted by molar-refractivity contribution is 6.14. The van der Waals surface area contributed by atoms with E-state index in [9.17, 15) is 22.8 Å². The van der Waals surface area contributed by atoms with Crippen molar-refractivity contribution < 1.29 is 27.5 Å². The van der Waals surface area contributed by atoms with Gasteiger partial charge in [-0.2, -0.15) is 18.3 Å². The molecule has 0 saturated heterocycles. The second-order valence-corrected chi connectivity index (χ2v) is 8.73. The van der Waals surface area contributed by atoms with Crippen molar-refractivity contribution in [3.63, 3.8) is 0 Å². The van der Waals surface area contributed by atoms with Crippen molar-refractivity contribution in [1.29, 1.82) is 0 Å². The summed E-state index contributed by atoms with van der Waals surface area (Å²) in [5.41, 5.74) is 2.36. The minimum Gasteiger partial charge on any atom is -0.497 e. The topological polar surface area (TPSA) is 63.9 Å². The zero-order valence-corrected chi connectivity index (χ0v) is 20.0. The van der Waals surface area contributed by atoms with Crippen LogP contribution in [0.15, 0.2) is 77.9 Å². The standard InChI is InChI=1S/C28H22F3N3O3/c1-17-23(14-20-15-26(35)34(32-20)21-10-6-9-19(13-21)28(29,30)31)24-16-22(37-2)11-12-25(24)33(17)27(36)18-7-4-3-5-8-18/h3-13,16H,14-15H2,1-2H3. The third-order valence-corrected chi connectivity index (χ3v) is 6.40. The minimum atomic E-state index is -4.53. The molecule has 4 aromatic rings. The SMILES string of the molecule is COc1ccc2c(c1)c(CC1=NN(c3cccc(C(F)(F)F)c3)C(=O)C1)c(C)n2C(=O)c1ccccc1. The van der Waals surface area contributed by atoms with Crippen LogP contribution in [0.25, 0.3) is 10.9 Å². The molecular weight excluding hydrogens is 483 g/mol. The quantitative estimate of drug-likeness (QED) is 0.334. The zero-order chi connectivity index (χ0) is 26.3. The van der Waals surface area contributed by atoms with E-state index in [4.69, 9.17) is 4.74 Å². The average molecular weight is 505 g/mol. The Morgan fingerprint density at radius 3 is 2.49 bits per heavy atom. The van der Waals surface area contributed by atoms with Crippen LogP contribution in [-0.2, 0) is 17.4 Å². The number of fused-ring (bicyclic) bond motifs is 1. The van der Waals surface area contributed by atoms with Crippen LogP contribution in [0.1, 0.15) is 33.6 Å². The van der Waals surface area contributed by atoms with Crippen molar-refractivity contribution in [3.05, 3.63) is 95.2 Å². The molecule has 1 amide bonds. The van der Waals surface area contributed by atoms with E-state index >= 15 is 0 Å². The van der Waals surface area contributed by atoms with E-state index in [0.29, 0.717) is 28.2 Å². The first-order chi connectivity index (χ1) is 17.7. The van der Waals surface area contributed by atoms with Crippen molar-refractivity contribution in [3.8, 4) is 5.75 Å². The van der Waals surface area contributed by atoms with Crippen LogP contribution in [0.3, 0.4) is 0 Å². The van der Waals surface area contributed by atoms with Gasteiger partial charge in [0.25, 0.3) is 11.8 Å². The molecule has 0 saturated carbocycles. The Hall–Kier alpha value is -4.40. The Bertz CT molecular complexity index is 1560. The first-order valence-corrected chi connectivity index (χ1v) is 11.5. The Kier molecular flexibility index (Phi) is 6.07. The molecule has 9 heteroatoms. The third-order valence-electron chi connectivity index (χ3n) is 6.40. The van der Waals surface area contributed by atoms with Gasteiger partial charge in [-0.3, -0.25) is 14.2 Å². The minimum absolute atomic E-state index is 0.0427. The van der Waals surface area contributed by atoms with Gasteiger partial charge in [-0.25, -0.2) is 5.01 Å². The highest BCUT2D eigenvalue weighted by Crippen LogP contribution is 2.34. The van der Waals surface area contributed by atoms with E-state index in [2.05, 4.69) is 5.10 Å². The number of alkyl halides is 3. The summed E-state index contributed by atoms with van der Waals surface area (Å²) in [7, 11) is 1.55. The van der Waals surface area contributed by atoms with E-state index in [0.717, 1.165) is 28.1 Å². The van der Waals surface area contributed by atoms with E-state index in [1.54, 1.807) is 42.0 Å². The van der Waals surface area contributed by atoms with Gasteiger partial charge in [-0.1, -0.05) is 24.3 Å². The number of anilines is 1. The molecule has 188 valence electrons. The van der Waals surface area contributed by atoms with Crippen LogP contribution in [-0.4, -0.2) is 29.2 Å². The first-order valence-electron chi connectivity index (χ1n) is 11.5. The number of carbonyl (C=O) groups excluding carboxylic acids is 2. The Labute approximate surface area is 210 Å². The third kappa shape index (κ3) is 4.48. The monoisotopic (exact) mass is 505 g/mol. The maximum absolute atomic E-state index is 13.4. The number of aromatic nitrogens is 1. The fourth-order valence-corrected chi connectivity index (χ4v) is 4.58. The summed E-state index contributed by atoms with van der Waals surface area (Å²) in [5, 5.41) is 6.15. The van der Waals surface area contributed by atoms with Crippen LogP contribution < -0.4 is 9.75 Å². The molecule has 0 aliphatic carbocycles. The number of nitrogens with zero attached hydrogens (tertiary/aromatic N) is 3. The molecule has 1 aliphatic heterocycles. The van der Waals surface area contributed by atoms with Crippen LogP contribution in [0.2, 0.25) is 0 Å². The summed E-state index contributed by atoms with van der Waals surface area (Å²) in [5.74, 6) is -0.0173. The predicted octanol–water partition coefficient (Wildman–Crippen LogP) is 6.00. The summed E-state index contributed by atoms with van der Waals surface area (Å²) in [6.07, 6.45) is -4.33. The number of halogens is 3. The molecule has 0 fully saturated rings. The highest BCUT2D eigenvalue weighted by Gasteiger charge is 2.33. The van der Waals surface area contributed by atoms with Crippen molar-refractivity contribution in [2.45, 2.75) is 25.9 Å². The van der Waals surface area contributed by atoms with Gasteiger partial charge in [0.1, 0.15) is 5.75 Å². The van der Waals surface area contributed by atoms with Crippen molar-refractivity contribution in [2.75, 3.05) is 12.1 Å². The molecule has 0 spiro atoms. The van der Waals surface area contributed by atoms with Gasteiger partial charge < -0.3 is 4.74 Å². The van der Waals surface area contributed by atoms with Crippen molar-refractivity contribution in [2.24, 2.45) is 5.10 Å². The van der Waals surface area contributed by atoms with Crippen LogP contribution in [0.5, 0.6) is 5.75 Å². The number of ether oxygens (including phenoxy) is 1. The van der Waals surface area contributed by atoms with Crippen LogP contribution >= 0.6 is 0 Å². The Morgan fingerprint density at radius 1 is 1.03 bits per heavy atom. The number of amides is 1. The normalized spacial score (nSPS) is 13.8. The molecule has 2 heterocycles.